The van der Waals surface area contributed by atoms with E-state index in [0.29, 0.717) is 5.95 Å². The number of nitrogens with zero attached hydrogens (tertiary/aromatic N) is 4. The summed E-state index contributed by atoms with van der Waals surface area (Å²) in [6, 6.07) is 4.03. The number of ether oxygens (including phenoxy) is 1. The highest BCUT2D eigenvalue weighted by atomic mass is 16.5. The summed E-state index contributed by atoms with van der Waals surface area (Å²) in [5.74, 6) is 0.710. The topological polar surface area (TPSA) is 54.7 Å². The number of anilines is 1. The second kappa shape index (κ2) is 6.19. The van der Waals surface area contributed by atoms with Crippen LogP contribution >= 0.6 is 0 Å². The molecule has 1 aliphatic heterocycles. The van der Waals surface area contributed by atoms with Crippen LogP contribution in [0.3, 0.4) is 0 Å². The van der Waals surface area contributed by atoms with Crippen molar-refractivity contribution in [1.29, 1.82) is 0 Å². The zero-order valence-electron chi connectivity index (χ0n) is 11.9. The molecule has 0 amide bonds. The van der Waals surface area contributed by atoms with Crippen molar-refractivity contribution in [3.63, 3.8) is 0 Å². The highest BCUT2D eigenvalue weighted by Gasteiger charge is 2.09. The summed E-state index contributed by atoms with van der Waals surface area (Å²) in [6.07, 6.45) is 3.02. The SMILES string of the molecule is Cc1cccn2nc(NCCCN3CCOCC3)nc12. The fraction of sp³-hybridized carbons (Fsp3) is 0.571. The Morgan fingerprint density at radius 2 is 2.20 bits per heavy atom. The van der Waals surface area contributed by atoms with Gasteiger partial charge < -0.3 is 10.1 Å². The first-order valence-electron chi connectivity index (χ1n) is 7.19. The lowest BCUT2D eigenvalue weighted by Gasteiger charge is -2.26. The molecule has 2 aromatic rings. The van der Waals surface area contributed by atoms with E-state index in [0.717, 1.165) is 57.0 Å². The summed E-state index contributed by atoms with van der Waals surface area (Å²) < 4.78 is 7.16. The third-order valence-electron chi connectivity index (χ3n) is 3.60. The van der Waals surface area contributed by atoms with Gasteiger partial charge in [-0.25, -0.2) is 4.52 Å². The molecular weight excluding hydrogens is 254 g/mol. The van der Waals surface area contributed by atoms with E-state index in [-0.39, 0.29) is 0 Å². The van der Waals surface area contributed by atoms with Gasteiger partial charge in [0.05, 0.1) is 13.2 Å². The molecule has 20 heavy (non-hydrogen) atoms. The number of hydrogen-bond acceptors (Lipinski definition) is 5. The zero-order chi connectivity index (χ0) is 13.8. The Hall–Kier alpha value is -1.66. The first-order chi connectivity index (χ1) is 9.83. The van der Waals surface area contributed by atoms with Gasteiger partial charge in [-0.05, 0) is 31.5 Å². The Balaban J connectivity index is 1.48. The van der Waals surface area contributed by atoms with Gasteiger partial charge in [-0.15, -0.1) is 5.10 Å². The monoisotopic (exact) mass is 275 g/mol. The van der Waals surface area contributed by atoms with Gasteiger partial charge in [-0.2, -0.15) is 4.98 Å². The van der Waals surface area contributed by atoms with Crippen molar-refractivity contribution in [3.8, 4) is 0 Å². The minimum atomic E-state index is 0.710. The van der Waals surface area contributed by atoms with Gasteiger partial charge in [0.15, 0.2) is 5.65 Å². The molecule has 0 unspecified atom stereocenters. The molecule has 1 N–H and O–H groups in total. The van der Waals surface area contributed by atoms with Gasteiger partial charge >= 0.3 is 0 Å². The van der Waals surface area contributed by atoms with Gasteiger partial charge in [-0.1, -0.05) is 6.07 Å². The summed E-state index contributed by atoms with van der Waals surface area (Å²) in [5, 5.41) is 7.72. The molecule has 6 nitrogen and oxygen atoms in total. The molecule has 0 aromatic carbocycles. The van der Waals surface area contributed by atoms with E-state index in [9.17, 15) is 0 Å². The maximum Gasteiger partial charge on any atom is 0.243 e. The lowest BCUT2D eigenvalue weighted by molar-refractivity contribution is 0.0378. The third kappa shape index (κ3) is 3.08. The van der Waals surface area contributed by atoms with Gasteiger partial charge in [0.25, 0.3) is 0 Å². The predicted octanol–water partition coefficient (Wildman–Crippen LogP) is 1.17. The van der Waals surface area contributed by atoms with Gasteiger partial charge in [0, 0.05) is 25.8 Å². The minimum Gasteiger partial charge on any atom is -0.379 e. The van der Waals surface area contributed by atoms with Crippen molar-refractivity contribution in [2.75, 3.05) is 44.7 Å². The van der Waals surface area contributed by atoms with Crippen LogP contribution in [0.15, 0.2) is 18.3 Å². The van der Waals surface area contributed by atoms with Gasteiger partial charge in [0.1, 0.15) is 0 Å². The number of rotatable bonds is 5. The quantitative estimate of drug-likeness (QED) is 0.830. The van der Waals surface area contributed by atoms with Crippen LogP contribution < -0.4 is 5.32 Å². The van der Waals surface area contributed by atoms with Crippen molar-refractivity contribution in [2.24, 2.45) is 0 Å². The van der Waals surface area contributed by atoms with Crippen molar-refractivity contribution in [2.45, 2.75) is 13.3 Å². The van der Waals surface area contributed by atoms with Gasteiger partial charge in [0.2, 0.25) is 5.95 Å². The molecule has 2 aromatic heterocycles. The first kappa shape index (κ1) is 13.3. The molecule has 3 heterocycles. The molecule has 0 spiro atoms. The van der Waals surface area contributed by atoms with Crippen LogP contribution in [0.4, 0.5) is 5.95 Å². The van der Waals surface area contributed by atoms with E-state index in [1.807, 2.05) is 29.8 Å². The van der Waals surface area contributed by atoms with Crippen molar-refractivity contribution in [3.05, 3.63) is 23.9 Å². The Labute approximate surface area is 118 Å². The highest BCUT2D eigenvalue weighted by molar-refractivity contribution is 5.49. The summed E-state index contributed by atoms with van der Waals surface area (Å²) in [6.45, 7) is 7.86. The molecule has 0 radical (unpaired) electrons. The lowest BCUT2D eigenvalue weighted by atomic mass is 10.3. The number of nitrogens with one attached hydrogen (secondary N) is 1. The fourth-order valence-electron chi connectivity index (χ4n) is 2.44. The number of pyridine rings is 1. The number of aromatic nitrogens is 3. The van der Waals surface area contributed by atoms with E-state index < -0.39 is 0 Å². The van der Waals surface area contributed by atoms with Crippen LogP contribution in [-0.2, 0) is 4.74 Å². The second-order valence-corrected chi connectivity index (χ2v) is 5.13. The number of morpholine rings is 1. The molecule has 0 saturated carbocycles. The molecule has 0 aliphatic carbocycles. The van der Waals surface area contributed by atoms with E-state index in [1.165, 1.54) is 0 Å². The molecule has 1 fully saturated rings. The standard InChI is InChI=1S/C14H21N5O/c1-12-4-2-7-19-13(12)16-14(17-19)15-5-3-6-18-8-10-20-11-9-18/h2,4,7H,3,5-6,8-11H2,1H3,(H,15,17). The largest absolute Gasteiger partial charge is 0.379 e. The van der Waals surface area contributed by atoms with E-state index in [2.05, 4.69) is 20.3 Å². The van der Waals surface area contributed by atoms with Crippen LogP contribution in [0.2, 0.25) is 0 Å². The molecule has 1 saturated heterocycles. The predicted molar refractivity (Wildman–Crippen MR) is 78.1 cm³/mol. The normalized spacial score (nSPS) is 16.6. The Bertz CT molecular complexity index is 562. The maximum atomic E-state index is 5.34. The first-order valence-corrected chi connectivity index (χ1v) is 7.19. The summed E-state index contributed by atoms with van der Waals surface area (Å²) in [5.41, 5.74) is 2.06. The average molecular weight is 275 g/mol. The lowest BCUT2D eigenvalue weighted by Crippen LogP contribution is -2.37. The highest BCUT2D eigenvalue weighted by Crippen LogP contribution is 2.09. The molecule has 6 heteroatoms. The summed E-state index contributed by atoms with van der Waals surface area (Å²) in [7, 11) is 0. The maximum absolute atomic E-state index is 5.34. The van der Waals surface area contributed by atoms with E-state index >= 15 is 0 Å². The Morgan fingerprint density at radius 1 is 1.35 bits per heavy atom. The van der Waals surface area contributed by atoms with Crippen LogP contribution in [0, 0.1) is 6.92 Å². The molecule has 3 rings (SSSR count). The smallest absolute Gasteiger partial charge is 0.243 e. The van der Waals surface area contributed by atoms with Gasteiger partial charge in [-0.3, -0.25) is 4.90 Å². The van der Waals surface area contributed by atoms with Crippen molar-refractivity contribution in [1.82, 2.24) is 19.5 Å². The minimum absolute atomic E-state index is 0.710. The second-order valence-electron chi connectivity index (χ2n) is 5.13. The zero-order valence-corrected chi connectivity index (χ0v) is 11.9. The van der Waals surface area contributed by atoms with E-state index in [4.69, 9.17) is 4.74 Å². The summed E-state index contributed by atoms with van der Waals surface area (Å²) >= 11 is 0. The summed E-state index contributed by atoms with van der Waals surface area (Å²) in [4.78, 5) is 6.94. The van der Waals surface area contributed by atoms with Crippen molar-refractivity contribution < 1.29 is 4.74 Å². The fourth-order valence-corrected chi connectivity index (χ4v) is 2.44. The Morgan fingerprint density at radius 3 is 3.00 bits per heavy atom. The molecular formula is C14H21N5O. The average Bonchev–Trinajstić information content (AvgIpc) is 2.89. The van der Waals surface area contributed by atoms with Crippen molar-refractivity contribution >= 4 is 11.6 Å². The van der Waals surface area contributed by atoms with Crippen LogP contribution in [0.25, 0.3) is 5.65 Å². The van der Waals surface area contributed by atoms with Crippen LogP contribution in [0.5, 0.6) is 0 Å². The molecule has 108 valence electrons. The number of aryl methyl sites for hydroxylation is 1. The molecule has 0 bridgehead atoms. The Kier molecular flexibility index (Phi) is 4.13. The number of fused-ring (bicyclic) bond motifs is 1. The van der Waals surface area contributed by atoms with E-state index in [1.54, 1.807) is 0 Å². The molecule has 1 aliphatic rings. The van der Waals surface area contributed by atoms with Crippen LogP contribution in [-0.4, -0.2) is 58.9 Å². The molecule has 0 atom stereocenters. The third-order valence-corrected chi connectivity index (χ3v) is 3.60. The van der Waals surface area contributed by atoms with Crippen LogP contribution in [0.1, 0.15) is 12.0 Å². The number of hydrogen-bond donors (Lipinski definition) is 1.